The molecule has 1 fully saturated rings. The number of piperazine rings is 1. The third kappa shape index (κ3) is 5.33. The number of anilines is 1. The van der Waals surface area contributed by atoms with Gasteiger partial charge >= 0.3 is 0 Å². The number of hydrogen-bond donors (Lipinski definition) is 1. The highest BCUT2D eigenvalue weighted by Crippen LogP contribution is 2.21. The standard InChI is InChI=1S/C23H31N3O/c1-18(2)16-24-23(27)21-10-8-20(9-11-21)17-25-12-14-26(15-13-25)22-7-5-4-6-19(22)3/h4-11,18H,12-17H2,1-3H3,(H,24,27). The Hall–Kier alpha value is -2.33. The number of nitrogens with one attached hydrogen (secondary N) is 1. The molecule has 1 amide bonds. The Morgan fingerprint density at radius 3 is 2.30 bits per heavy atom. The van der Waals surface area contributed by atoms with Crippen molar-refractivity contribution in [3.63, 3.8) is 0 Å². The van der Waals surface area contributed by atoms with Crippen molar-refractivity contribution in [1.82, 2.24) is 10.2 Å². The second-order valence-corrected chi connectivity index (χ2v) is 7.85. The number of amides is 1. The Labute approximate surface area is 163 Å². The topological polar surface area (TPSA) is 35.6 Å². The van der Waals surface area contributed by atoms with E-state index in [4.69, 9.17) is 0 Å². The molecule has 0 atom stereocenters. The van der Waals surface area contributed by atoms with E-state index < -0.39 is 0 Å². The molecule has 0 saturated carbocycles. The monoisotopic (exact) mass is 365 g/mol. The number of carbonyl (C=O) groups excluding carboxylic acids is 1. The summed E-state index contributed by atoms with van der Waals surface area (Å²) < 4.78 is 0. The molecule has 0 unspecified atom stereocenters. The molecule has 4 nitrogen and oxygen atoms in total. The van der Waals surface area contributed by atoms with Gasteiger partial charge in [0.05, 0.1) is 0 Å². The Bertz CT molecular complexity index is 746. The third-order valence-electron chi connectivity index (χ3n) is 5.12. The second kappa shape index (κ2) is 9.05. The molecule has 144 valence electrons. The maximum absolute atomic E-state index is 12.1. The number of para-hydroxylation sites is 1. The molecule has 4 heteroatoms. The molecule has 1 N–H and O–H groups in total. The van der Waals surface area contributed by atoms with Crippen molar-refractivity contribution in [2.75, 3.05) is 37.6 Å². The zero-order valence-electron chi connectivity index (χ0n) is 16.7. The fourth-order valence-electron chi connectivity index (χ4n) is 3.48. The first-order chi connectivity index (χ1) is 13.0. The SMILES string of the molecule is Cc1ccccc1N1CCN(Cc2ccc(C(=O)NCC(C)C)cc2)CC1. The van der Waals surface area contributed by atoms with Gasteiger partial charge in [-0.25, -0.2) is 0 Å². The quantitative estimate of drug-likeness (QED) is 0.848. The van der Waals surface area contributed by atoms with Crippen LogP contribution in [-0.4, -0.2) is 43.5 Å². The van der Waals surface area contributed by atoms with Crippen molar-refractivity contribution in [2.45, 2.75) is 27.3 Å². The van der Waals surface area contributed by atoms with E-state index in [-0.39, 0.29) is 5.91 Å². The molecule has 1 aliphatic rings. The Morgan fingerprint density at radius 1 is 1.00 bits per heavy atom. The molecule has 0 bridgehead atoms. The summed E-state index contributed by atoms with van der Waals surface area (Å²) >= 11 is 0. The van der Waals surface area contributed by atoms with Crippen LogP contribution < -0.4 is 10.2 Å². The minimum Gasteiger partial charge on any atom is -0.369 e. The Kier molecular flexibility index (Phi) is 6.51. The van der Waals surface area contributed by atoms with E-state index in [2.05, 4.69) is 72.3 Å². The summed E-state index contributed by atoms with van der Waals surface area (Å²) in [6, 6.07) is 16.7. The van der Waals surface area contributed by atoms with E-state index in [1.165, 1.54) is 16.8 Å². The number of benzene rings is 2. The van der Waals surface area contributed by atoms with Gasteiger partial charge < -0.3 is 10.2 Å². The van der Waals surface area contributed by atoms with Crippen molar-refractivity contribution < 1.29 is 4.79 Å². The number of rotatable bonds is 6. The summed E-state index contributed by atoms with van der Waals surface area (Å²) in [5.41, 5.74) is 4.70. The van der Waals surface area contributed by atoms with Crippen LogP contribution in [0.4, 0.5) is 5.69 Å². The maximum atomic E-state index is 12.1. The van der Waals surface area contributed by atoms with Crippen LogP contribution in [0.3, 0.4) is 0 Å². The van der Waals surface area contributed by atoms with Gasteiger partial charge in [0.1, 0.15) is 0 Å². The first-order valence-corrected chi connectivity index (χ1v) is 9.93. The molecule has 1 heterocycles. The van der Waals surface area contributed by atoms with Crippen LogP contribution in [0.2, 0.25) is 0 Å². The van der Waals surface area contributed by atoms with Gasteiger partial charge in [0.25, 0.3) is 5.91 Å². The van der Waals surface area contributed by atoms with Gasteiger partial charge in [-0.05, 0) is 42.2 Å². The van der Waals surface area contributed by atoms with Crippen LogP contribution in [0.15, 0.2) is 48.5 Å². The molecular weight excluding hydrogens is 334 g/mol. The molecule has 27 heavy (non-hydrogen) atoms. The van der Waals surface area contributed by atoms with Gasteiger partial charge in [0.2, 0.25) is 0 Å². The molecule has 0 spiro atoms. The first kappa shape index (κ1) is 19.4. The molecule has 0 aliphatic carbocycles. The van der Waals surface area contributed by atoms with Gasteiger partial charge in [0, 0.05) is 50.5 Å². The van der Waals surface area contributed by atoms with Gasteiger partial charge in [-0.1, -0.05) is 44.2 Å². The average Bonchev–Trinajstić information content (AvgIpc) is 2.68. The van der Waals surface area contributed by atoms with Crippen LogP contribution in [-0.2, 0) is 6.54 Å². The minimum absolute atomic E-state index is 0.0158. The van der Waals surface area contributed by atoms with Gasteiger partial charge in [0.15, 0.2) is 0 Å². The molecule has 1 saturated heterocycles. The van der Waals surface area contributed by atoms with Gasteiger partial charge in [-0.3, -0.25) is 9.69 Å². The minimum atomic E-state index is 0.0158. The van der Waals surface area contributed by atoms with Crippen molar-refractivity contribution in [2.24, 2.45) is 5.92 Å². The summed E-state index contributed by atoms with van der Waals surface area (Å²) in [4.78, 5) is 17.1. The summed E-state index contributed by atoms with van der Waals surface area (Å²) in [7, 11) is 0. The summed E-state index contributed by atoms with van der Waals surface area (Å²) in [5, 5.41) is 2.97. The lowest BCUT2D eigenvalue weighted by molar-refractivity contribution is 0.0949. The molecule has 0 radical (unpaired) electrons. The lowest BCUT2D eigenvalue weighted by atomic mass is 10.1. The fourth-order valence-corrected chi connectivity index (χ4v) is 3.48. The third-order valence-corrected chi connectivity index (χ3v) is 5.12. The molecular formula is C23H31N3O. The normalized spacial score (nSPS) is 15.2. The van der Waals surface area contributed by atoms with E-state index in [0.717, 1.165) is 38.3 Å². The van der Waals surface area contributed by atoms with Crippen LogP contribution in [0.25, 0.3) is 0 Å². The predicted octanol–water partition coefficient (Wildman–Crippen LogP) is 3.70. The van der Waals surface area contributed by atoms with Crippen molar-refractivity contribution >= 4 is 11.6 Å². The molecule has 2 aromatic carbocycles. The highest BCUT2D eigenvalue weighted by molar-refractivity contribution is 5.94. The summed E-state index contributed by atoms with van der Waals surface area (Å²) in [5.74, 6) is 0.480. The van der Waals surface area contributed by atoms with Crippen molar-refractivity contribution in [3.05, 3.63) is 65.2 Å². The Morgan fingerprint density at radius 2 is 1.67 bits per heavy atom. The highest BCUT2D eigenvalue weighted by atomic mass is 16.1. The smallest absolute Gasteiger partial charge is 0.251 e. The van der Waals surface area contributed by atoms with Crippen molar-refractivity contribution in [3.8, 4) is 0 Å². The molecule has 3 rings (SSSR count). The number of hydrogen-bond acceptors (Lipinski definition) is 3. The van der Waals surface area contributed by atoms with Crippen LogP contribution in [0.5, 0.6) is 0 Å². The highest BCUT2D eigenvalue weighted by Gasteiger charge is 2.18. The summed E-state index contributed by atoms with van der Waals surface area (Å²) in [6.07, 6.45) is 0. The maximum Gasteiger partial charge on any atom is 0.251 e. The van der Waals surface area contributed by atoms with Crippen LogP contribution >= 0.6 is 0 Å². The molecule has 2 aromatic rings. The van der Waals surface area contributed by atoms with E-state index in [9.17, 15) is 4.79 Å². The van der Waals surface area contributed by atoms with E-state index in [0.29, 0.717) is 12.5 Å². The largest absolute Gasteiger partial charge is 0.369 e. The van der Waals surface area contributed by atoms with Crippen LogP contribution in [0.1, 0.15) is 35.3 Å². The Balaban J connectivity index is 1.50. The van der Waals surface area contributed by atoms with Gasteiger partial charge in [-0.2, -0.15) is 0 Å². The fraction of sp³-hybridized carbons (Fsp3) is 0.435. The zero-order valence-corrected chi connectivity index (χ0v) is 16.7. The predicted molar refractivity (Wildman–Crippen MR) is 112 cm³/mol. The first-order valence-electron chi connectivity index (χ1n) is 9.93. The number of carbonyl (C=O) groups is 1. The lowest BCUT2D eigenvalue weighted by Gasteiger charge is -2.36. The van der Waals surface area contributed by atoms with E-state index in [1.807, 2.05) is 12.1 Å². The summed E-state index contributed by atoms with van der Waals surface area (Å²) in [6.45, 7) is 12.3. The van der Waals surface area contributed by atoms with Gasteiger partial charge in [-0.15, -0.1) is 0 Å². The van der Waals surface area contributed by atoms with Crippen LogP contribution in [0, 0.1) is 12.8 Å². The lowest BCUT2D eigenvalue weighted by Crippen LogP contribution is -2.46. The molecule has 0 aromatic heterocycles. The van der Waals surface area contributed by atoms with E-state index >= 15 is 0 Å². The zero-order chi connectivity index (χ0) is 19.2. The average molecular weight is 366 g/mol. The molecule has 1 aliphatic heterocycles. The number of nitrogens with zero attached hydrogens (tertiary/aromatic N) is 2. The number of aryl methyl sites for hydroxylation is 1. The van der Waals surface area contributed by atoms with Crippen molar-refractivity contribution in [1.29, 1.82) is 0 Å². The van der Waals surface area contributed by atoms with E-state index in [1.54, 1.807) is 0 Å². The second-order valence-electron chi connectivity index (χ2n) is 7.85.